The molecular weight excluding hydrogens is 762 g/mol. The van der Waals surface area contributed by atoms with Crippen LogP contribution in [-0.2, 0) is 32.7 Å². The van der Waals surface area contributed by atoms with Crippen LogP contribution in [0.5, 0.6) is 0 Å². The first kappa shape index (κ1) is 56.2. The van der Waals surface area contributed by atoms with Crippen molar-refractivity contribution in [3.8, 4) is 0 Å². The van der Waals surface area contributed by atoms with Gasteiger partial charge in [0.05, 0.1) is 13.2 Å². The van der Waals surface area contributed by atoms with Gasteiger partial charge in [0.15, 0.2) is 6.10 Å². The highest BCUT2D eigenvalue weighted by molar-refractivity contribution is 7.47. The standard InChI is InChI=1S/C49H84NO8P/c1-3-5-7-9-11-13-15-17-19-21-23-25-27-29-31-33-35-37-39-41-48(51)55-45-47(46-57-59(53,54)56-44-43-50)58-49(52)42-40-38-36-34-32-30-28-26-24-22-20-18-16-14-12-10-8-6-4-2/h6,8,12,14,17-20,24,26,30,32,36,38,47H,3-5,7,9-11,13,15-16,21-23,25,27-29,31,33-35,37,39-46,50H2,1-2H3,(H,53,54)/b8-6-,14-12-,19-17-,20-18-,26-24-,32-30-,38-36-. The van der Waals surface area contributed by atoms with E-state index in [9.17, 15) is 19.0 Å². The van der Waals surface area contributed by atoms with E-state index in [1.54, 1.807) is 0 Å². The Bertz CT molecular complexity index is 1240. The summed E-state index contributed by atoms with van der Waals surface area (Å²) < 4.78 is 32.7. The molecule has 0 bridgehead atoms. The van der Waals surface area contributed by atoms with E-state index >= 15 is 0 Å². The summed E-state index contributed by atoms with van der Waals surface area (Å²) in [5, 5.41) is 0. The van der Waals surface area contributed by atoms with Crippen molar-refractivity contribution in [2.75, 3.05) is 26.4 Å². The first-order chi connectivity index (χ1) is 28.8. The van der Waals surface area contributed by atoms with Crippen LogP contribution in [0.2, 0.25) is 0 Å². The van der Waals surface area contributed by atoms with Gasteiger partial charge in [-0.1, -0.05) is 176 Å². The highest BCUT2D eigenvalue weighted by Gasteiger charge is 2.25. The number of rotatable bonds is 42. The minimum atomic E-state index is -4.40. The molecule has 0 aromatic carbocycles. The minimum Gasteiger partial charge on any atom is -0.462 e. The van der Waals surface area contributed by atoms with Crippen LogP contribution in [0, 0.1) is 0 Å². The van der Waals surface area contributed by atoms with E-state index in [-0.39, 0.29) is 32.6 Å². The fourth-order valence-corrected chi connectivity index (χ4v) is 6.65. The summed E-state index contributed by atoms with van der Waals surface area (Å²) in [5.41, 5.74) is 5.35. The summed E-state index contributed by atoms with van der Waals surface area (Å²) in [6.45, 7) is 3.52. The number of hydrogen-bond acceptors (Lipinski definition) is 8. The van der Waals surface area contributed by atoms with Crippen molar-refractivity contribution >= 4 is 19.8 Å². The molecule has 0 fully saturated rings. The Balaban J connectivity index is 4.24. The summed E-state index contributed by atoms with van der Waals surface area (Å²) >= 11 is 0. The van der Waals surface area contributed by atoms with Crippen molar-refractivity contribution in [1.29, 1.82) is 0 Å². The maximum atomic E-state index is 12.6. The maximum absolute atomic E-state index is 12.6. The zero-order valence-electron chi connectivity index (χ0n) is 37.2. The Morgan fingerprint density at radius 2 is 0.966 bits per heavy atom. The smallest absolute Gasteiger partial charge is 0.462 e. The van der Waals surface area contributed by atoms with Crippen LogP contribution in [0.1, 0.15) is 181 Å². The number of unbranched alkanes of at least 4 members (excludes halogenated alkanes) is 15. The molecule has 2 unspecified atom stereocenters. The summed E-state index contributed by atoms with van der Waals surface area (Å²) in [7, 11) is -4.40. The monoisotopic (exact) mass is 846 g/mol. The van der Waals surface area contributed by atoms with Gasteiger partial charge in [-0.2, -0.15) is 0 Å². The average molecular weight is 846 g/mol. The van der Waals surface area contributed by atoms with Gasteiger partial charge in [0.2, 0.25) is 0 Å². The summed E-state index contributed by atoms with van der Waals surface area (Å²) in [6.07, 6.45) is 56.3. The van der Waals surface area contributed by atoms with Crippen LogP contribution < -0.4 is 5.73 Å². The lowest BCUT2D eigenvalue weighted by Crippen LogP contribution is -2.29. The normalized spacial score (nSPS) is 14.0. The number of nitrogens with two attached hydrogens (primary N) is 1. The molecule has 338 valence electrons. The quantitative estimate of drug-likeness (QED) is 0.0266. The molecule has 9 nitrogen and oxygen atoms in total. The van der Waals surface area contributed by atoms with Crippen LogP contribution >= 0.6 is 7.82 Å². The van der Waals surface area contributed by atoms with Crippen LogP contribution in [0.4, 0.5) is 0 Å². The second-order valence-electron chi connectivity index (χ2n) is 14.9. The zero-order chi connectivity index (χ0) is 43.2. The maximum Gasteiger partial charge on any atom is 0.472 e. The Morgan fingerprint density at radius 3 is 1.46 bits per heavy atom. The first-order valence-corrected chi connectivity index (χ1v) is 24.6. The van der Waals surface area contributed by atoms with Gasteiger partial charge in [-0.25, -0.2) is 4.57 Å². The van der Waals surface area contributed by atoms with Crippen molar-refractivity contribution in [3.63, 3.8) is 0 Å². The fraction of sp³-hybridized carbons (Fsp3) is 0.673. The second-order valence-corrected chi connectivity index (χ2v) is 16.3. The van der Waals surface area contributed by atoms with Gasteiger partial charge in [-0.3, -0.25) is 18.6 Å². The molecule has 3 N–H and O–H groups in total. The van der Waals surface area contributed by atoms with Gasteiger partial charge in [0, 0.05) is 19.4 Å². The molecule has 0 amide bonds. The number of carbonyl (C=O) groups excluding carboxylic acids is 2. The third-order valence-electron chi connectivity index (χ3n) is 9.28. The number of hydrogen-bond donors (Lipinski definition) is 2. The lowest BCUT2D eigenvalue weighted by atomic mass is 10.1. The highest BCUT2D eigenvalue weighted by atomic mass is 31.2. The van der Waals surface area contributed by atoms with Crippen molar-refractivity contribution < 1.29 is 37.6 Å². The van der Waals surface area contributed by atoms with Crippen LogP contribution in [0.15, 0.2) is 85.1 Å². The number of phosphoric acid groups is 1. The summed E-state index contributed by atoms with van der Waals surface area (Å²) in [6, 6.07) is 0. The molecule has 0 aromatic rings. The van der Waals surface area contributed by atoms with E-state index in [0.717, 1.165) is 64.2 Å². The topological polar surface area (TPSA) is 134 Å². The molecule has 0 saturated heterocycles. The predicted molar refractivity (Wildman–Crippen MR) is 247 cm³/mol. The minimum absolute atomic E-state index is 0.0377. The molecule has 0 aliphatic heterocycles. The van der Waals surface area contributed by atoms with Gasteiger partial charge in [-0.15, -0.1) is 0 Å². The van der Waals surface area contributed by atoms with E-state index in [4.69, 9.17) is 24.3 Å². The van der Waals surface area contributed by atoms with Crippen LogP contribution in [-0.4, -0.2) is 49.3 Å². The Hall–Kier alpha value is -2.81. The van der Waals surface area contributed by atoms with E-state index in [1.165, 1.54) is 83.5 Å². The predicted octanol–water partition coefficient (Wildman–Crippen LogP) is 13.6. The third kappa shape index (κ3) is 44.6. The highest BCUT2D eigenvalue weighted by Crippen LogP contribution is 2.43. The van der Waals surface area contributed by atoms with Crippen LogP contribution in [0.3, 0.4) is 0 Å². The molecule has 59 heavy (non-hydrogen) atoms. The molecular formula is C49H84NO8P. The SMILES string of the molecule is CC/C=C\C/C=C\C/C=C\C/C=C\C/C=C\C/C=C\CCC(=O)OC(COC(=O)CCCCCCCCCCC/C=C\CCCCCCCC)COP(=O)(O)OCCN. The zero-order valence-corrected chi connectivity index (χ0v) is 38.1. The average Bonchev–Trinajstić information content (AvgIpc) is 3.22. The summed E-state index contributed by atoms with van der Waals surface area (Å²) in [5.74, 6) is -0.933. The molecule has 10 heteroatoms. The number of ether oxygens (including phenoxy) is 2. The number of allylic oxidation sites excluding steroid dienone is 14. The summed E-state index contributed by atoms with van der Waals surface area (Å²) in [4.78, 5) is 34.9. The molecule has 0 heterocycles. The number of phosphoric ester groups is 1. The van der Waals surface area contributed by atoms with E-state index < -0.39 is 32.5 Å². The Labute approximate surface area is 360 Å². The van der Waals surface area contributed by atoms with Crippen molar-refractivity contribution in [2.45, 2.75) is 187 Å². The molecule has 0 radical (unpaired) electrons. The third-order valence-corrected chi connectivity index (χ3v) is 10.3. The number of carbonyl (C=O) groups is 2. The van der Waals surface area contributed by atoms with Crippen LogP contribution in [0.25, 0.3) is 0 Å². The lowest BCUT2D eigenvalue weighted by Gasteiger charge is -2.19. The van der Waals surface area contributed by atoms with Gasteiger partial charge >= 0.3 is 19.8 Å². The lowest BCUT2D eigenvalue weighted by molar-refractivity contribution is -0.161. The molecule has 0 spiro atoms. The first-order valence-electron chi connectivity index (χ1n) is 23.1. The van der Waals surface area contributed by atoms with Gasteiger partial charge in [0.25, 0.3) is 0 Å². The fourth-order valence-electron chi connectivity index (χ4n) is 5.89. The van der Waals surface area contributed by atoms with E-state index in [2.05, 4.69) is 86.8 Å². The molecule has 0 saturated carbocycles. The molecule has 0 rings (SSSR count). The number of esters is 2. The Kier molecular flexibility index (Phi) is 42.6. The van der Waals surface area contributed by atoms with E-state index in [1.807, 2.05) is 12.2 Å². The van der Waals surface area contributed by atoms with Crippen molar-refractivity contribution in [3.05, 3.63) is 85.1 Å². The largest absolute Gasteiger partial charge is 0.472 e. The van der Waals surface area contributed by atoms with Gasteiger partial charge in [0.1, 0.15) is 6.61 Å². The van der Waals surface area contributed by atoms with Crippen molar-refractivity contribution in [1.82, 2.24) is 0 Å². The van der Waals surface area contributed by atoms with Gasteiger partial charge in [-0.05, 0) is 77.0 Å². The Morgan fingerprint density at radius 1 is 0.525 bits per heavy atom. The second kappa shape index (κ2) is 44.7. The molecule has 0 aromatic heterocycles. The van der Waals surface area contributed by atoms with E-state index in [0.29, 0.717) is 6.42 Å². The molecule has 0 aliphatic rings. The van der Waals surface area contributed by atoms with Crippen molar-refractivity contribution in [2.24, 2.45) is 5.73 Å². The van der Waals surface area contributed by atoms with Gasteiger partial charge < -0.3 is 20.1 Å². The molecule has 0 aliphatic carbocycles. The molecule has 2 atom stereocenters.